The quantitative estimate of drug-likeness (QED) is 0.702. The Kier molecular flexibility index (Phi) is 2.31. The van der Waals surface area contributed by atoms with Crippen LogP contribution in [0, 0.1) is 5.41 Å². The number of carbonyl (C=O) groups excluding carboxylic acids is 2. The number of hydrogen-bond acceptors (Lipinski definition) is 4. The van der Waals surface area contributed by atoms with Crippen molar-refractivity contribution in [3.05, 3.63) is 11.8 Å². The van der Waals surface area contributed by atoms with Gasteiger partial charge in [0.15, 0.2) is 0 Å². The summed E-state index contributed by atoms with van der Waals surface area (Å²) in [6.07, 6.45) is 6.70. The molecule has 3 fully saturated rings. The Hall–Kier alpha value is -1.36. The minimum Gasteiger partial charge on any atom is -0.456 e. The highest BCUT2D eigenvalue weighted by Gasteiger charge is 2.53. The van der Waals surface area contributed by atoms with E-state index in [0.29, 0.717) is 12.1 Å². The smallest absolute Gasteiger partial charge is 0.333 e. The Morgan fingerprint density at radius 1 is 1.26 bits per heavy atom. The fraction of sp³-hybridized carbons (Fsp3) is 0.714. The zero-order chi connectivity index (χ0) is 13.0. The Bertz CT molecular complexity index is 473. The van der Waals surface area contributed by atoms with Gasteiger partial charge in [-0.15, -0.1) is 0 Å². The summed E-state index contributed by atoms with van der Waals surface area (Å²) in [5.74, 6) is -0.107. The summed E-state index contributed by atoms with van der Waals surface area (Å²) in [7, 11) is 0. The van der Waals surface area contributed by atoms with Crippen LogP contribution in [0.15, 0.2) is 11.8 Å². The molecule has 1 N–H and O–H groups in total. The van der Waals surface area contributed by atoms with Gasteiger partial charge in [0.1, 0.15) is 6.61 Å². The first kappa shape index (κ1) is 11.5. The number of carbonyl (C=O) groups is 2. The van der Waals surface area contributed by atoms with E-state index in [1.807, 2.05) is 0 Å². The van der Waals surface area contributed by atoms with Crippen molar-refractivity contribution in [2.75, 3.05) is 13.2 Å². The van der Waals surface area contributed by atoms with E-state index in [-0.39, 0.29) is 23.9 Å². The molecule has 2 bridgehead atoms. The summed E-state index contributed by atoms with van der Waals surface area (Å²) < 4.78 is 4.92. The van der Waals surface area contributed by atoms with Gasteiger partial charge in [0.25, 0.3) is 0 Å². The highest BCUT2D eigenvalue weighted by molar-refractivity contribution is 5.90. The van der Waals surface area contributed by atoms with Gasteiger partial charge in [-0.1, -0.05) is 0 Å². The van der Waals surface area contributed by atoms with Crippen molar-refractivity contribution in [3.8, 4) is 0 Å². The van der Waals surface area contributed by atoms with E-state index >= 15 is 0 Å². The lowest BCUT2D eigenvalue weighted by molar-refractivity contribution is -0.138. The maximum absolute atomic E-state index is 12.8. The molecule has 0 aromatic heterocycles. The number of esters is 1. The molecule has 4 rings (SSSR count). The van der Waals surface area contributed by atoms with Gasteiger partial charge in [-0.3, -0.25) is 4.79 Å². The van der Waals surface area contributed by atoms with E-state index in [9.17, 15) is 9.59 Å². The number of nitrogens with zero attached hydrogens (tertiary/aromatic N) is 1. The number of amides is 1. The maximum Gasteiger partial charge on any atom is 0.333 e. The van der Waals surface area contributed by atoms with Gasteiger partial charge in [0.05, 0.1) is 11.1 Å². The van der Waals surface area contributed by atoms with Crippen LogP contribution in [0.4, 0.5) is 0 Å². The second-order valence-corrected chi connectivity index (χ2v) is 6.28. The second-order valence-electron chi connectivity index (χ2n) is 6.28. The number of fused-ring (bicyclic) bond motifs is 2. The first-order chi connectivity index (χ1) is 9.16. The Balaban J connectivity index is 1.59. The zero-order valence-corrected chi connectivity index (χ0v) is 10.9. The van der Waals surface area contributed by atoms with Crippen molar-refractivity contribution >= 4 is 11.9 Å². The van der Waals surface area contributed by atoms with Gasteiger partial charge in [-0.25, -0.2) is 4.79 Å². The fourth-order valence-corrected chi connectivity index (χ4v) is 4.24. The molecule has 19 heavy (non-hydrogen) atoms. The summed E-state index contributed by atoms with van der Waals surface area (Å²) in [5, 5.41) is 3.59. The largest absolute Gasteiger partial charge is 0.456 e. The summed E-state index contributed by atoms with van der Waals surface area (Å²) in [6, 6.07) is 1.02. The average molecular weight is 262 g/mol. The van der Waals surface area contributed by atoms with Gasteiger partial charge in [0.2, 0.25) is 5.91 Å². The van der Waals surface area contributed by atoms with Gasteiger partial charge >= 0.3 is 5.97 Å². The van der Waals surface area contributed by atoms with Crippen molar-refractivity contribution in [2.24, 2.45) is 5.41 Å². The lowest BCUT2D eigenvalue weighted by atomic mass is 9.74. The number of nitrogens with one attached hydrogen (secondary N) is 1. The van der Waals surface area contributed by atoms with Crippen molar-refractivity contribution in [1.82, 2.24) is 10.2 Å². The monoisotopic (exact) mass is 262 g/mol. The number of ether oxygens (including phenoxy) is 1. The Morgan fingerprint density at radius 2 is 2.00 bits per heavy atom. The van der Waals surface area contributed by atoms with Crippen LogP contribution in [0.2, 0.25) is 0 Å². The predicted octanol–water partition coefficient (Wildman–Crippen LogP) is 0.560. The molecule has 1 spiro atoms. The van der Waals surface area contributed by atoms with Crippen molar-refractivity contribution in [2.45, 2.75) is 44.2 Å². The standard InChI is InChI=1S/C14H18N2O3/c17-12-5-11(8-19-12)16-4-3-14(13(16)18)6-9-1-2-10(7-14)15-9/h5,9-10,15H,1-4,6-8H2/t9-,10+,14?. The van der Waals surface area contributed by atoms with Crippen LogP contribution in [-0.2, 0) is 14.3 Å². The zero-order valence-electron chi connectivity index (χ0n) is 10.9. The lowest BCUT2D eigenvalue weighted by Gasteiger charge is -2.36. The highest BCUT2D eigenvalue weighted by Crippen LogP contribution is 2.48. The number of hydrogen-bond donors (Lipinski definition) is 1. The van der Waals surface area contributed by atoms with Crippen molar-refractivity contribution in [1.29, 1.82) is 0 Å². The molecule has 5 nitrogen and oxygen atoms in total. The number of piperidine rings is 1. The van der Waals surface area contributed by atoms with Crippen molar-refractivity contribution < 1.29 is 14.3 Å². The number of likely N-dealkylation sites (tertiary alicyclic amines) is 1. The van der Waals surface area contributed by atoms with Gasteiger partial charge < -0.3 is 15.0 Å². The third-order valence-corrected chi connectivity index (χ3v) is 5.12. The van der Waals surface area contributed by atoms with Crippen LogP contribution in [0.1, 0.15) is 32.1 Å². The van der Waals surface area contributed by atoms with Crippen LogP contribution >= 0.6 is 0 Å². The molecule has 0 aromatic carbocycles. The highest BCUT2D eigenvalue weighted by atomic mass is 16.5. The summed E-state index contributed by atoms with van der Waals surface area (Å²) in [6.45, 7) is 0.993. The molecule has 0 saturated carbocycles. The van der Waals surface area contributed by atoms with E-state index in [0.717, 1.165) is 31.5 Å². The molecule has 0 aliphatic carbocycles. The normalized spacial score (nSPS) is 41.1. The van der Waals surface area contributed by atoms with Gasteiger partial charge in [0, 0.05) is 24.7 Å². The molecule has 4 heterocycles. The third-order valence-electron chi connectivity index (χ3n) is 5.12. The van der Waals surface area contributed by atoms with E-state index in [2.05, 4.69) is 5.32 Å². The van der Waals surface area contributed by atoms with E-state index in [1.54, 1.807) is 4.90 Å². The molecule has 5 heteroatoms. The summed E-state index contributed by atoms with van der Waals surface area (Å²) in [5.41, 5.74) is 0.571. The molecule has 0 radical (unpaired) electrons. The molecular formula is C14H18N2O3. The maximum atomic E-state index is 12.8. The average Bonchev–Trinajstić information content (AvgIpc) is 3.03. The first-order valence-corrected chi connectivity index (χ1v) is 7.12. The van der Waals surface area contributed by atoms with Crippen molar-refractivity contribution in [3.63, 3.8) is 0 Å². The van der Waals surface area contributed by atoms with Crippen LogP contribution < -0.4 is 5.32 Å². The Labute approximate surface area is 112 Å². The molecule has 3 saturated heterocycles. The van der Waals surface area contributed by atoms with E-state index in [4.69, 9.17) is 4.74 Å². The molecule has 4 aliphatic heterocycles. The first-order valence-electron chi connectivity index (χ1n) is 7.12. The fourth-order valence-electron chi connectivity index (χ4n) is 4.24. The molecule has 1 amide bonds. The van der Waals surface area contributed by atoms with Crippen LogP contribution in [-0.4, -0.2) is 42.0 Å². The lowest BCUT2D eigenvalue weighted by Crippen LogP contribution is -2.48. The molecule has 0 aromatic rings. The molecule has 4 aliphatic rings. The molecule has 3 atom stereocenters. The van der Waals surface area contributed by atoms with Gasteiger partial charge in [-0.2, -0.15) is 0 Å². The third kappa shape index (κ3) is 1.64. The predicted molar refractivity (Wildman–Crippen MR) is 67.0 cm³/mol. The summed E-state index contributed by atoms with van der Waals surface area (Å²) >= 11 is 0. The summed E-state index contributed by atoms with van der Waals surface area (Å²) in [4.78, 5) is 25.7. The van der Waals surface area contributed by atoms with E-state index < -0.39 is 0 Å². The number of cyclic esters (lactones) is 1. The molecular weight excluding hydrogens is 244 g/mol. The van der Waals surface area contributed by atoms with Crippen LogP contribution in [0.5, 0.6) is 0 Å². The SMILES string of the molecule is O=C1C=C(N2CCC3(C[C@H]4CC[C@@H](C3)N4)C2=O)CO1. The van der Waals surface area contributed by atoms with Crippen LogP contribution in [0.3, 0.4) is 0 Å². The Morgan fingerprint density at radius 3 is 2.63 bits per heavy atom. The second kappa shape index (κ2) is 3.82. The topological polar surface area (TPSA) is 58.6 Å². The number of rotatable bonds is 1. The van der Waals surface area contributed by atoms with E-state index in [1.165, 1.54) is 18.9 Å². The minimum atomic E-state index is -0.325. The van der Waals surface area contributed by atoms with Crippen LogP contribution in [0.25, 0.3) is 0 Å². The minimum absolute atomic E-state index is 0.177. The molecule has 1 unspecified atom stereocenters. The molecule has 102 valence electrons. The van der Waals surface area contributed by atoms with Gasteiger partial charge in [-0.05, 0) is 32.1 Å².